The summed E-state index contributed by atoms with van der Waals surface area (Å²) in [5, 5.41) is 5.28. The first-order chi connectivity index (χ1) is 13.2. The third-order valence-corrected chi connectivity index (χ3v) is 4.04. The van der Waals surface area contributed by atoms with Gasteiger partial charge in [0.1, 0.15) is 5.75 Å². The number of amides is 2. The Balaban J connectivity index is 2.45. The smallest absolute Gasteiger partial charge is 0.309 e. The highest BCUT2D eigenvalue weighted by atomic mass is 16.5. The molecule has 0 aromatic heterocycles. The average molecular weight is 385 g/mol. The van der Waals surface area contributed by atoms with Crippen molar-refractivity contribution in [2.24, 2.45) is 0 Å². The van der Waals surface area contributed by atoms with Crippen LogP contribution in [0.1, 0.15) is 45.2 Å². The molecule has 2 N–H and O–H groups in total. The van der Waals surface area contributed by atoms with Crippen LogP contribution in [0.3, 0.4) is 0 Å². The van der Waals surface area contributed by atoms with Crippen LogP contribution in [-0.2, 0) is 16.1 Å². The van der Waals surface area contributed by atoms with Crippen molar-refractivity contribution < 1.29 is 14.3 Å². The first-order valence-electron chi connectivity index (χ1n) is 9.41. The van der Waals surface area contributed by atoms with Crippen LogP contribution in [-0.4, -0.2) is 25.5 Å². The van der Waals surface area contributed by atoms with Gasteiger partial charge >= 0.3 is 11.8 Å². The average Bonchev–Trinajstić information content (AvgIpc) is 2.64. The molecule has 0 saturated heterocycles. The molecular formula is C23H32N2O3. The Labute approximate surface area is 168 Å². The van der Waals surface area contributed by atoms with Crippen LogP contribution in [0.15, 0.2) is 53.1 Å². The van der Waals surface area contributed by atoms with E-state index >= 15 is 0 Å². The molecule has 1 aromatic carbocycles. The normalized spacial score (nSPS) is 11.6. The molecule has 5 heteroatoms. The van der Waals surface area contributed by atoms with Crippen molar-refractivity contribution in [1.29, 1.82) is 0 Å². The lowest BCUT2D eigenvalue weighted by Gasteiger charge is -2.11. The van der Waals surface area contributed by atoms with Crippen LogP contribution < -0.4 is 15.4 Å². The number of allylic oxidation sites excluding steroid dienone is 5. The number of ether oxygens (including phenoxy) is 1. The first-order valence-corrected chi connectivity index (χ1v) is 9.41. The van der Waals surface area contributed by atoms with Crippen LogP contribution in [0.2, 0.25) is 0 Å². The zero-order chi connectivity index (χ0) is 21.1. The SMILES string of the molecule is COc1cc(C)ccc1CNC(=O)C(=O)NCC/C(C)=C/C=C(/C)C=C(C)C. The van der Waals surface area contributed by atoms with Gasteiger partial charge in [-0.25, -0.2) is 0 Å². The van der Waals surface area contributed by atoms with Gasteiger partial charge in [0.15, 0.2) is 0 Å². The Hall–Kier alpha value is -2.82. The molecule has 0 spiro atoms. The molecule has 0 bridgehead atoms. The number of hydrogen-bond donors (Lipinski definition) is 2. The number of methoxy groups -OCH3 is 1. The van der Waals surface area contributed by atoms with E-state index in [1.807, 2.05) is 51.1 Å². The van der Waals surface area contributed by atoms with E-state index in [2.05, 4.69) is 30.6 Å². The summed E-state index contributed by atoms with van der Waals surface area (Å²) in [5.41, 5.74) is 5.45. The van der Waals surface area contributed by atoms with E-state index in [9.17, 15) is 9.59 Å². The highest BCUT2D eigenvalue weighted by Gasteiger charge is 2.13. The summed E-state index contributed by atoms with van der Waals surface area (Å²) in [7, 11) is 1.58. The zero-order valence-electron chi connectivity index (χ0n) is 17.8. The molecule has 0 unspecified atom stereocenters. The quantitative estimate of drug-likeness (QED) is 0.526. The second kappa shape index (κ2) is 11.8. The van der Waals surface area contributed by atoms with Crippen molar-refractivity contribution in [1.82, 2.24) is 10.6 Å². The summed E-state index contributed by atoms with van der Waals surface area (Å²) in [4.78, 5) is 23.9. The first kappa shape index (κ1) is 23.2. The third-order valence-electron chi connectivity index (χ3n) is 4.04. The molecule has 0 heterocycles. The minimum absolute atomic E-state index is 0.239. The molecule has 0 fully saturated rings. The van der Waals surface area contributed by atoms with Crippen LogP contribution in [0.25, 0.3) is 0 Å². The van der Waals surface area contributed by atoms with Crippen molar-refractivity contribution in [3.63, 3.8) is 0 Å². The predicted molar refractivity (Wildman–Crippen MR) is 114 cm³/mol. The molecule has 0 atom stereocenters. The molecule has 0 aliphatic carbocycles. The Morgan fingerprint density at radius 3 is 2.36 bits per heavy atom. The summed E-state index contributed by atoms with van der Waals surface area (Å²) in [6.07, 6.45) is 6.87. The van der Waals surface area contributed by atoms with E-state index in [1.165, 1.54) is 11.1 Å². The molecule has 28 heavy (non-hydrogen) atoms. The summed E-state index contributed by atoms with van der Waals surface area (Å²) in [6.45, 7) is 10.8. The molecule has 0 aliphatic rings. The second-order valence-corrected chi connectivity index (χ2v) is 7.15. The van der Waals surface area contributed by atoms with Crippen LogP contribution in [0.5, 0.6) is 5.75 Å². The molecular weight excluding hydrogens is 352 g/mol. The van der Waals surface area contributed by atoms with Gasteiger partial charge in [0.2, 0.25) is 0 Å². The summed E-state index contributed by atoms with van der Waals surface area (Å²) < 4.78 is 5.30. The van der Waals surface area contributed by atoms with Crippen molar-refractivity contribution in [2.75, 3.05) is 13.7 Å². The van der Waals surface area contributed by atoms with Gasteiger partial charge in [-0.2, -0.15) is 0 Å². The molecule has 1 rings (SSSR count). The summed E-state index contributed by atoms with van der Waals surface area (Å²) in [6, 6.07) is 5.71. The summed E-state index contributed by atoms with van der Waals surface area (Å²) in [5.74, 6) is -0.586. The maximum Gasteiger partial charge on any atom is 0.309 e. The topological polar surface area (TPSA) is 67.4 Å². The van der Waals surface area contributed by atoms with Gasteiger partial charge < -0.3 is 15.4 Å². The Morgan fingerprint density at radius 1 is 1.04 bits per heavy atom. The van der Waals surface area contributed by atoms with Crippen molar-refractivity contribution in [3.8, 4) is 5.75 Å². The zero-order valence-corrected chi connectivity index (χ0v) is 17.8. The van der Waals surface area contributed by atoms with Crippen molar-refractivity contribution in [2.45, 2.75) is 47.6 Å². The van der Waals surface area contributed by atoms with Crippen molar-refractivity contribution >= 4 is 11.8 Å². The van der Waals surface area contributed by atoms with Crippen LogP contribution >= 0.6 is 0 Å². The number of hydrogen-bond acceptors (Lipinski definition) is 3. The van der Waals surface area contributed by atoms with E-state index in [1.54, 1.807) is 7.11 Å². The molecule has 0 saturated carbocycles. The fourth-order valence-corrected chi connectivity index (χ4v) is 2.57. The minimum Gasteiger partial charge on any atom is -0.496 e. The maximum atomic E-state index is 12.0. The molecule has 5 nitrogen and oxygen atoms in total. The van der Waals surface area contributed by atoms with Gasteiger partial charge in [-0.1, -0.05) is 47.1 Å². The molecule has 152 valence electrons. The Bertz CT molecular complexity index is 785. The van der Waals surface area contributed by atoms with Gasteiger partial charge in [-0.3, -0.25) is 9.59 Å². The van der Waals surface area contributed by atoms with Crippen LogP contribution in [0, 0.1) is 6.92 Å². The minimum atomic E-state index is -0.649. The lowest BCUT2D eigenvalue weighted by Crippen LogP contribution is -2.40. The molecule has 0 radical (unpaired) electrons. The van der Waals surface area contributed by atoms with Gasteiger partial charge in [0.05, 0.1) is 7.11 Å². The molecule has 0 aliphatic heterocycles. The van der Waals surface area contributed by atoms with Gasteiger partial charge in [-0.05, 0) is 52.7 Å². The number of nitrogens with one attached hydrogen (secondary N) is 2. The monoisotopic (exact) mass is 384 g/mol. The number of benzene rings is 1. The fraction of sp³-hybridized carbons (Fsp3) is 0.391. The summed E-state index contributed by atoms with van der Waals surface area (Å²) >= 11 is 0. The number of carbonyl (C=O) groups is 2. The number of aryl methyl sites for hydroxylation is 1. The van der Waals surface area contributed by atoms with E-state index in [-0.39, 0.29) is 6.54 Å². The maximum absolute atomic E-state index is 12.0. The third kappa shape index (κ3) is 8.71. The Kier molecular flexibility index (Phi) is 9.79. The Morgan fingerprint density at radius 2 is 1.71 bits per heavy atom. The van der Waals surface area contributed by atoms with Crippen molar-refractivity contribution in [3.05, 3.63) is 64.3 Å². The van der Waals surface area contributed by atoms with E-state index in [0.29, 0.717) is 18.7 Å². The largest absolute Gasteiger partial charge is 0.496 e. The molecule has 2 amide bonds. The standard InChI is InChI=1S/C23H32N2O3/c1-16(2)13-18(4)8-7-17(3)11-12-24-22(26)23(27)25-15-20-10-9-19(5)14-21(20)28-6/h7-10,13-14H,11-12,15H2,1-6H3,(H,24,26)(H,25,27)/b17-7+,18-8-. The van der Waals surface area contributed by atoms with Gasteiger partial charge in [0, 0.05) is 18.7 Å². The fourth-order valence-electron chi connectivity index (χ4n) is 2.57. The van der Waals surface area contributed by atoms with E-state index in [4.69, 9.17) is 4.74 Å². The number of carbonyl (C=O) groups excluding carboxylic acids is 2. The van der Waals surface area contributed by atoms with E-state index < -0.39 is 11.8 Å². The number of rotatable bonds is 8. The lowest BCUT2D eigenvalue weighted by molar-refractivity contribution is -0.139. The second-order valence-electron chi connectivity index (χ2n) is 7.15. The van der Waals surface area contributed by atoms with Gasteiger partial charge in [-0.15, -0.1) is 0 Å². The molecule has 1 aromatic rings. The van der Waals surface area contributed by atoms with E-state index in [0.717, 1.165) is 16.7 Å². The lowest BCUT2D eigenvalue weighted by atomic mass is 10.1. The van der Waals surface area contributed by atoms with Crippen LogP contribution in [0.4, 0.5) is 0 Å². The predicted octanol–water partition coefficient (Wildman–Crippen LogP) is 3.98. The highest BCUT2D eigenvalue weighted by molar-refractivity contribution is 6.35. The van der Waals surface area contributed by atoms with Gasteiger partial charge in [0.25, 0.3) is 0 Å². The highest BCUT2D eigenvalue weighted by Crippen LogP contribution is 2.19.